The largest absolute Gasteiger partial charge is 0.457 e. The number of aromatic nitrogens is 1. The first-order valence-electron chi connectivity index (χ1n) is 6.72. The summed E-state index contributed by atoms with van der Waals surface area (Å²) in [5.41, 5.74) is 4.30. The smallest absolute Gasteiger partial charge is 0.159 e. The van der Waals surface area contributed by atoms with Crippen LogP contribution in [0.15, 0.2) is 66.9 Å². The third-order valence-electron chi connectivity index (χ3n) is 3.17. The van der Waals surface area contributed by atoms with Gasteiger partial charge >= 0.3 is 0 Å². The van der Waals surface area contributed by atoms with Crippen LogP contribution >= 0.6 is 11.6 Å². The Balaban J connectivity index is 1.86. The number of anilines is 1. The van der Waals surface area contributed by atoms with Gasteiger partial charge in [0.2, 0.25) is 0 Å². The van der Waals surface area contributed by atoms with E-state index in [-0.39, 0.29) is 0 Å². The molecule has 110 valence electrons. The second kappa shape index (κ2) is 6.47. The molecule has 3 N–H and O–H groups in total. The lowest BCUT2D eigenvalue weighted by Crippen LogP contribution is -2.09. The maximum Gasteiger partial charge on any atom is 0.159 e. The van der Waals surface area contributed by atoms with Gasteiger partial charge in [0, 0.05) is 11.8 Å². The Hall–Kier alpha value is -2.56. The van der Waals surface area contributed by atoms with Crippen LogP contribution < -0.4 is 16.0 Å². The number of para-hydroxylation sites is 1. The maximum atomic E-state index is 6.28. The highest BCUT2D eigenvalue weighted by Gasteiger charge is 2.08. The van der Waals surface area contributed by atoms with Crippen molar-refractivity contribution in [3.05, 3.63) is 71.9 Å². The van der Waals surface area contributed by atoms with Crippen molar-refractivity contribution in [2.75, 3.05) is 5.43 Å². The van der Waals surface area contributed by atoms with E-state index in [1.54, 1.807) is 6.20 Å². The van der Waals surface area contributed by atoms with Gasteiger partial charge in [-0.3, -0.25) is 0 Å². The molecule has 0 unspecified atom stereocenters. The zero-order valence-corrected chi connectivity index (χ0v) is 12.4. The first-order valence-corrected chi connectivity index (χ1v) is 7.10. The molecule has 0 saturated heterocycles. The Kier molecular flexibility index (Phi) is 4.23. The fourth-order valence-corrected chi connectivity index (χ4v) is 2.37. The summed E-state index contributed by atoms with van der Waals surface area (Å²) in [6.45, 7) is 0. The minimum atomic E-state index is 0.448. The van der Waals surface area contributed by atoms with Gasteiger partial charge in [-0.1, -0.05) is 41.9 Å². The molecule has 0 saturated carbocycles. The number of nitrogens with two attached hydrogens (primary N) is 1. The molecule has 0 aliphatic carbocycles. The number of halogens is 1. The molecule has 0 bridgehead atoms. The van der Waals surface area contributed by atoms with Crippen molar-refractivity contribution in [3.63, 3.8) is 0 Å². The molecule has 4 nitrogen and oxygen atoms in total. The first kappa shape index (κ1) is 14.4. The summed E-state index contributed by atoms with van der Waals surface area (Å²) in [5, 5.41) is 0.488. The molecule has 0 radical (unpaired) electrons. The number of ether oxygens (including phenoxy) is 1. The average Bonchev–Trinajstić information content (AvgIpc) is 2.57. The Morgan fingerprint density at radius 2 is 1.59 bits per heavy atom. The van der Waals surface area contributed by atoms with E-state index in [0.717, 1.165) is 22.6 Å². The van der Waals surface area contributed by atoms with Crippen molar-refractivity contribution < 1.29 is 4.74 Å². The molecule has 3 aromatic rings. The number of benzene rings is 2. The molecular formula is C17H14ClN3O. The van der Waals surface area contributed by atoms with Gasteiger partial charge in [-0.15, -0.1) is 0 Å². The summed E-state index contributed by atoms with van der Waals surface area (Å²) in [6, 6.07) is 19.2. The molecule has 0 fully saturated rings. The van der Waals surface area contributed by atoms with Crippen LogP contribution in [0.4, 0.5) is 5.82 Å². The normalized spacial score (nSPS) is 10.3. The Labute approximate surface area is 133 Å². The van der Waals surface area contributed by atoms with Gasteiger partial charge in [0.15, 0.2) is 5.82 Å². The molecule has 5 heteroatoms. The zero-order valence-electron chi connectivity index (χ0n) is 11.7. The van der Waals surface area contributed by atoms with E-state index < -0.39 is 0 Å². The minimum absolute atomic E-state index is 0.448. The highest BCUT2D eigenvalue weighted by atomic mass is 35.5. The number of hydrogen-bond donors (Lipinski definition) is 2. The fraction of sp³-hybridized carbons (Fsp3) is 0. The molecule has 0 aliphatic heterocycles. The topological polar surface area (TPSA) is 60.2 Å². The zero-order chi connectivity index (χ0) is 15.4. The van der Waals surface area contributed by atoms with Gasteiger partial charge in [0.25, 0.3) is 0 Å². The van der Waals surface area contributed by atoms with Crippen LogP contribution in [0.1, 0.15) is 0 Å². The standard InChI is InChI=1S/C17H14ClN3O/c18-16-15(10-11-20-17(16)21-19)12-6-8-14(9-7-12)22-13-4-2-1-3-5-13/h1-11H,19H2,(H,20,21). The number of nitrogens with zero attached hydrogens (tertiary/aromatic N) is 1. The number of rotatable bonds is 4. The van der Waals surface area contributed by atoms with E-state index in [1.807, 2.05) is 60.7 Å². The SMILES string of the molecule is NNc1nccc(-c2ccc(Oc3ccccc3)cc2)c1Cl. The van der Waals surface area contributed by atoms with Crippen LogP contribution in [-0.4, -0.2) is 4.98 Å². The molecule has 0 atom stereocenters. The molecule has 1 aromatic heterocycles. The summed E-state index contributed by atoms with van der Waals surface area (Å²) < 4.78 is 5.77. The molecule has 1 heterocycles. The Bertz CT molecular complexity index is 761. The van der Waals surface area contributed by atoms with Gasteiger partial charge in [0.1, 0.15) is 11.5 Å². The van der Waals surface area contributed by atoms with E-state index in [2.05, 4.69) is 10.4 Å². The second-order valence-corrected chi connectivity index (χ2v) is 4.98. The van der Waals surface area contributed by atoms with E-state index in [4.69, 9.17) is 22.2 Å². The first-order chi connectivity index (χ1) is 10.8. The molecule has 0 amide bonds. The number of pyridine rings is 1. The van der Waals surface area contributed by atoms with Crippen LogP contribution in [0.25, 0.3) is 11.1 Å². The summed E-state index contributed by atoms with van der Waals surface area (Å²) >= 11 is 6.28. The minimum Gasteiger partial charge on any atom is -0.457 e. The third-order valence-corrected chi connectivity index (χ3v) is 3.55. The number of nitrogens with one attached hydrogen (secondary N) is 1. The average molecular weight is 312 g/mol. The Morgan fingerprint density at radius 1 is 0.909 bits per heavy atom. The molecular weight excluding hydrogens is 298 g/mol. The molecule has 3 rings (SSSR count). The highest BCUT2D eigenvalue weighted by Crippen LogP contribution is 2.33. The predicted molar refractivity (Wildman–Crippen MR) is 89.0 cm³/mol. The van der Waals surface area contributed by atoms with Crippen LogP contribution in [0.5, 0.6) is 11.5 Å². The lowest BCUT2D eigenvalue weighted by Gasteiger charge is -2.09. The van der Waals surface area contributed by atoms with Crippen LogP contribution in [0, 0.1) is 0 Å². The second-order valence-electron chi connectivity index (χ2n) is 4.60. The van der Waals surface area contributed by atoms with Gasteiger partial charge in [0.05, 0.1) is 5.02 Å². The molecule has 2 aromatic carbocycles. The van der Waals surface area contributed by atoms with Crippen molar-refractivity contribution in [3.8, 4) is 22.6 Å². The Morgan fingerprint density at radius 3 is 2.27 bits per heavy atom. The fourth-order valence-electron chi connectivity index (χ4n) is 2.09. The van der Waals surface area contributed by atoms with E-state index in [1.165, 1.54) is 0 Å². The number of nitrogen functional groups attached to an aromatic ring is 1. The molecule has 0 aliphatic rings. The predicted octanol–water partition coefficient (Wildman–Crippen LogP) is 4.48. The lowest BCUT2D eigenvalue weighted by atomic mass is 10.1. The van der Waals surface area contributed by atoms with Gasteiger partial charge in [-0.2, -0.15) is 0 Å². The van der Waals surface area contributed by atoms with E-state index in [9.17, 15) is 0 Å². The number of hydrogen-bond acceptors (Lipinski definition) is 4. The van der Waals surface area contributed by atoms with Gasteiger partial charge < -0.3 is 10.2 Å². The third kappa shape index (κ3) is 3.03. The lowest BCUT2D eigenvalue weighted by molar-refractivity contribution is 0.483. The summed E-state index contributed by atoms with van der Waals surface area (Å²) in [6.07, 6.45) is 1.66. The highest BCUT2D eigenvalue weighted by molar-refractivity contribution is 6.35. The summed E-state index contributed by atoms with van der Waals surface area (Å²) in [5.74, 6) is 7.40. The van der Waals surface area contributed by atoms with Crippen LogP contribution in [0.3, 0.4) is 0 Å². The van der Waals surface area contributed by atoms with E-state index in [0.29, 0.717) is 10.8 Å². The van der Waals surface area contributed by atoms with Crippen molar-refractivity contribution in [1.29, 1.82) is 0 Å². The van der Waals surface area contributed by atoms with Crippen molar-refractivity contribution in [2.45, 2.75) is 0 Å². The van der Waals surface area contributed by atoms with Crippen LogP contribution in [0.2, 0.25) is 5.02 Å². The quantitative estimate of drug-likeness (QED) is 0.551. The van der Waals surface area contributed by atoms with Crippen molar-refractivity contribution in [1.82, 2.24) is 4.98 Å². The van der Waals surface area contributed by atoms with Gasteiger partial charge in [-0.05, 0) is 35.9 Å². The van der Waals surface area contributed by atoms with Gasteiger partial charge in [-0.25, -0.2) is 10.8 Å². The summed E-state index contributed by atoms with van der Waals surface area (Å²) in [7, 11) is 0. The number of hydrazine groups is 1. The molecule has 22 heavy (non-hydrogen) atoms. The van der Waals surface area contributed by atoms with Crippen molar-refractivity contribution >= 4 is 17.4 Å². The summed E-state index contributed by atoms with van der Waals surface area (Å²) in [4.78, 5) is 4.06. The van der Waals surface area contributed by atoms with Crippen molar-refractivity contribution in [2.24, 2.45) is 5.84 Å². The monoisotopic (exact) mass is 311 g/mol. The molecule has 0 spiro atoms. The van der Waals surface area contributed by atoms with Crippen LogP contribution in [-0.2, 0) is 0 Å². The maximum absolute atomic E-state index is 6.28. The van der Waals surface area contributed by atoms with E-state index >= 15 is 0 Å².